The van der Waals surface area contributed by atoms with E-state index in [1.807, 2.05) is 0 Å². The maximum Gasteiger partial charge on any atom is 0.220 e. The molecule has 2 aliphatic heterocycles. The molecular formula is C17H24N6O2. The number of amides is 1. The van der Waals surface area contributed by atoms with Crippen molar-refractivity contribution in [2.45, 2.75) is 38.1 Å². The molecule has 2 fully saturated rings. The minimum absolute atomic E-state index is 0.184. The Bertz CT molecular complexity index is 719. The summed E-state index contributed by atoms with van der Waals surface area (Å²) in [5.41, 5.74) is 1.58. The van der Waals surface area contributed by atoms with Gasteiger partial charge in [0.15, 0.2) is 11.5 Å². The van der Waals surface area contributed by atoms with E-state index in [0.29, 0.717) is 18.0 Å². The first-order valence-corrected chi connectivity index (χ1v) is 9.06. The second-order valence-electron chi connectivity index (χ2n) is 6.89. The SMILES string of the molecule is O=C(CC1CCN(c2ncnc3nc[nH]c23)CC1)NC1CCOCC1. The third-order valence-corrected chi connectivity index (χ3v) is 5.18. The number of anilines is 1. The summed E-state index contributed by atoms with van der Waals surface area (Å²) in [5, 5.41) is 3.16. The van der Waals surface area contributed by atoms with Crippen LogP contribution < -0.4 is 10.2 Å². The average molecular weight is 344 g/mol. The van der Waals surface area contributed by atoms with Gasteiger partial charge in [0.2, 0.25) is 5.91 Å². The highest BCUT2D eigenvalue weighted by Crippen LogP contribution is 2.27. The number of ether oxygens (including phenoxy) is 1. The van der Waals surface area contributed by atoms with E-state index < -0.39 is 0 Å². The van der Waals surface area contributed by atoms with Crippen molar-refractivity contribution in [3.63, 3.8) is 0 Å². The number of aromatic nitrogens is 4. The predicted octanol–water partition coefficient (Wildman–Crippen LogP) is 1.25. The number of carbonyl (C=O) groups excluding carboxylic acids is 1. The molecule has 0 spiro atoms. The molecule has 0 aliphatic carbocycles. The molecule has 2 aromatic rings. The summed E-state index contributed by atoms with van der Waals surface area (Å²) in [4.78, 5) is 30.4. The van der Waals surface area contributed by atoms with Crippen molar-refractivity contribution < 1.29 is 9.53 Å². The summed E-state index contributed by atoms with van der Waals surface area (Å²) in [7, 11) is 0. The van der Waals surface area contributed by atoms with Gasteiger partial charge in [0.05, 0.1) is 6.33 Å². The van der Waals surface area contributed by atoms with E-state index in [4.69, 9.17) is 4.74 Å². The number of hydrogen-bond donors (Lipinski definition) is 2. The van der Waals surface area contributed by atoms with Crippen LogP contribution in [-0.4, -0.2) is 58.2 Å². The number of fused-ring (bicyclic) bond motifs is 1. The summed E-state index contributed by atoms with van der Waals surface area (Å²) in [6, 6.07) is 0.288. The van der Waals surface area contributed by atoms with Crippen LogP contribution in [0.3, 0.4) is 0 Å². The molecule has 2 N–H and O–H groups in total. The first kappa shape index (κ1) is 16.3. The number of rotatable bonds is 4. The number of nitrogens with one attached hydrogen (secondary N) is 2. The molecule has 2 aliphatic rings. The highest BCUT2D eigenvalue weighted by Gasteiger charge is 2.25. The Labute approximate surface area is 146 Å². The Morgan fingerprint density at radius 2 is 2.00 bits per heavy atom. The normalized spacial score (nSPS) is 20.1. The monoisotopic (exact) mass is 344 g/mol. The smallest absolute Gasteiger partial charge is 0.220 e. The second kappa shape index (κ2) is 7.35. The van der Waals surface area contributed by atoms with Crippen LogP contribution in [0.2, 0.25) is 0 Å². The lowest BCUT2D eigenvalue weighted by atomic mass is 9.93. The van der Waals surface area contributed by atoms with Crippen LogP contribution in [-0.2, 0) is 9.53 Å². The fourth-order valence-corrected chi connectivity index (χ4v) is 3.73. The van der Waals surface area contributed by atoms with E-state index in [0.717, 1.165) is 63.3 Å². The zero-order valence-electron chi connectivity index (χ0n) is 14.3. The Hall–Kier alpha value is -2.22. The Balaban J connectivity index is 1.29. The van der Waals surface area contributed by atoms with Gasteiger partial charge < -0.3 is 19.9 Å². The lowest BCUT2D eigenvalue weighted by molar-refractivity contribution is -0.123. The molecule has 0 unspecified atom stereocenters. The number of piperidine rings is 1. The van der Waals surface area contributed by atoms with Gasteiger partial charge >= 0.3 is 0 Å². The van der Waals surface area contributed by atoms with Crippen LogP contribution in [0.1, 0.15) is 32.1 Å². The van der Waals surface area contributed by atoms with Crippen molar-refractivity contribution in [1.82, 2.24) is 25.3 Å². The minimum atomic E-state index is 0.184. The number of aromatic amines is 1. The molecule has 8 nitrogen and oxygen atoms in total. The van der Waals surface area contributed by atoms with Crippen LogP contribution in [0.15, 0.2) is 12.7 Å². The van der Waals surface area contributed by atoms with Crippen molar-refractivity contribution >= 4 is 22.9 Å². The van der Waals surface area contributed by atoms with Crippen molar-refractivity contribution in [1.29, 1.82) is 0 Å². The van der Waals surface area contributed by atoms with Crippen LogP contribution in [0.4, 0.5) is 5.82 Å². The number of imidazole rings is 1. The number of hydrogen-bond acceptors (Lipinski definition) is 6. The van der Waals surface area contributed by atoms with E-state index in [1.54, 1.807) is 12.7 Å². The van der Waals surface area contributed by atoms with Crippen molar-refractivity contribution in [3.05, 3.63) is 12.7 Å². The molecule has 1 amide bonds. The topological polar surface area (TPSA) is 96.0 Å². The molecule has 0 bridgehead atoms. The van der Waals surface area contributed by atoms with Gasteiger partial charge in [-0.05, 0) is 31.6 Å². The van der Waals surface area contributed by atoms with Gasteiger partial charge in [-0.3, -0.25) is 4.79 Å². The Kier molecular flexibility index (Phi) is 4.78. The summed E-state index contributed by atoms with van der Waals surface area (Å²) in [6.45, 7) is 3.31. The molecule has 0 atom stereocenters. The molecule has 4 heterocycles. The summed E-state index contributed by atoms with van der Waals surface area (Å²) >= 11 is 0. The van der Waals surface area contributed by atoms with Gasteiger partial charge in [-0.2, -0.15) is 0 Å². The van der Waals surface area contributed by atoms with Crippen LogP contribution in [0.25, 0.3) is 11.2 Å². The van der Waals surface area contributed by atoms with Gasteiger partial charge in [-0.25, -0.2) is 15.0 Å². The van der Waals surface area contributed by atoms with Crippen LogP contribution >= 0.6 is 0 Å². The molecule has 0 radical (unpaired) electrons. The highest BCUT2D eigenvalue weighted by molar-refractivity contribution is 5.82. The second-order valence-corrected chi connectivity index (χ2v) is 6.89. The van der Waals surface area contributed by atoms with E-state index >= 15 is 0 Å². The molecule has 0 aromatic carbocycles. The predicted molar refractivity (Wildman–Crippen MR) is 93.2 cm³/mol. The first-order valence-electron chi connectivity index (χ1n) is 9.06. The lowest BCUT2D eigenvalue weighted by Gasteiger charge is -2.33. The zero-order chi connectivity index (χ0) is 17.1. The lowest BCUT2D eigenvalue weighted by Crippen LogP contribution is -2.41. The number of nitrogens with zero attached hydrogens (tertiary/aromatic N) is 4. The maximum absolute atomic E-state index is 12.3. The standard InChI is InChI=1S/C17H24N6O2/c24-14(22-13-3-7-25-8-4-13)9-12-1-5-23(6-2-12)17-15-16(19-10-18-15)20-11-21-17/h10-13H,1-9H2,(H,22,24)(H,18,19,20,21). The van der Waals surface area contributed by atoms with Crippen molar-refractivity contribution in [2.75, 3.05) is 31.2 Å². The first-order chi connectivity index (χ1) is 12.3. The third kappa shape index (κ3) is 3.73. The van der Waals surface area contributed by atoms with Gasteiger partial charge in [-0.1, -0.05) is 0 Å². The van der Waals surface area contributed by atoms with E-state index in [1.165, 1.54) is 0 Å². The largest absolute Gasteiger partial charge is 0.381 e. The zero-order valence-corrected chi connectivity index (χ0v) is 14.3. The van der Waals surface area contributed by atoms with Crippen LogP contribution in [0, 0.1) is 5.92 Å². The molecule has 2 saturated heterocycles. The Morgan fingerprint density at radius 1 is 1.20 bits per heavy atom. The van der Waals surface area contributed by atoms with Crippen molar-refractivity contribution in [3.8, 4) is 0 Å². The molecule has 8 heteroatoms. The van der Waals surface area contributed by atoms with E-state index in [2.05, 4.69) is 30.2 Å². The summed E-state index contributed by atoms with van der Waals surface area (Å²) < 4.78 is 5.34. The summed E-state index contributed by atoms with van der Waals surface area (Å²) in [6.07, 6.45) is 7.69. The molecule has 4 rings (SSSR count). The van der Waals surface area contributed by atoms with Gasteiger partial charge in [0, 0.05) is 38.8 Å². The number of carbonyl (C=O) groups is 1. The van der Waals surface area contributed by atoms with Gasteiger partial charge in [0.1, 0.15) is 11.8 Å². The number of H-pyrrole nitrogens is 1. The minimum Gasteiger partial charge on any atom is -0.381 e. The quantitative estimate of drug-likeness (QED) is 0.867. The summed E-state index contributed by atoms with van der Waals surface area (Å²) in [5.74, 6) is 1.53. The van der Waals surface area contributed by atoms with Crippen molar-refractivity contribution in [2.24, 2.45) is 5.92 Å². The molecule has 25 heavy (non-hydrogen) atoms. The third-order valence-electron chi connectivity index (χ3n) is 5.18. The average Bonchev–Trinajstić information content (AvgIpc) is 3.12. The van der Waals surface area contributed by atoms with E-state index in [9.17, 15) is 4.79 Å². The highest BCUT2D eigenvalue weighted by atomic mass is 16.5. The molecular weight excluding hydrogens is 320 g/mol. The fourth-order valence-electron chi connectivity index (χ4n) is 3.73. The maximum atomic E-state index is 12.3. The molecule has 0 saturated carbocycles. The molecule has 134 valence electrons. The van der Waals surface area contributed by atoms with Gasteiger partial charge in [-0.15, -0.1) is 0 Å². The Morgan fingerprint density at radius 3 is 2.80 bits per heavy atom. The van der Waals surface area contributed by atoms with Gasteiger partial charge in [0.25, 0.3) is 0 Å². The van der Waals surface area contributed by atoms with E-state index in [-0.39, 0.29) is 11.9 Å². The molecule has 2 aromatic heterocycles. The fraction of sp³-hybridized carbons (Fsp3) is 0.647. The van der Waals surface area contributed by atoms with Crippen LogP contribution in [0.5, 0.6) is 0 Å².